The van der Waals surface area contributed by atoms with Gasteiger partial charge in [-0.05, 0) is 38.3 Å². The summed E-state index contributed by atoms with van der Waals surface area (Å²) in [6.07, 6.45) is -0.149. The fourth-order valence-corrected chi connectivity index (χ4v) is 4.80. The average Bonchev–Trinajstić information content (AvgIpc) is 3.09. The number of rotatable bonds is 2. The van der Waals surface area contributed by atoms with Crippen molar-refractivity contribution in [2.75, 3.05) is 0 Å². The van der Waals surface area contributed by atoms with Crippen molar-refractivity contribution >= 4 is 17.4 Å². The highest BCUT2D eigenvalue weighted by Gasteiger charge is 2.34. The fraction of sp³-hybridized carbons (Fsp3) is 0.316. The van der Waals surface area contributed by atoms with E-state index in [1.165, 1.54) is 20.9 Å². The molecule has 4 rings (SSSR count). The smallest absolute Gasteiger partial charge is 0.408 e. The highest BCUT2D eigenvalue weighted by atomic mass is 32.1. The van der Waals surface area contributed by atoms with E-state index in [4.69, 9.17) is 0 Å². The molecule has 26 heavy (non-hydrogen) atoms. The van der Waals surface area contributed by atoms with E-state index >= 15 is 0 Å². The Morgan fingerprint density at radius 3 is 2.69 bits per heavy atom. The van der Waals surface area contributed by atoms with Gasteiger partial charge in [-0.15, -0.1) is 21.5 Å². The average molecular weight is 368 g/mol. The maximum Gasteiger partial charge on any atom is 0.408 e. The van der Waals surface area contributed by atoms with Gasteiger partial charge in [0.1, 0.15) is 10.8 Å². The third-order valence-corrected chi connectivity index (χ3v) is 6.16. The van der Waals surface area contributed by atoms with Crippen LogP contribution in [-0.4, -0.2) is 30.9 Å². The molecule has 0 aliphatic carbocycles. The Hall–Kier alpha value is -2.67. The standard InChI is InChI=1S/C19H20N4O2S/c1-11-17-21-20-13(3)23(17)18-16(10-22(11)19(24)25)15(12(2)26-18)9-14-7-5-4-6-8-14/h4-8,11H,9-10H2,1-3H3,(H,24,25)/t11-/m0/s1. The predicted octanol–water partition coefficient (Wildman–Crippen LogP) is 4.09. The van der Waals surface area contributed by atoms with Crippen molar-refractivity contribution in [1.29, 1.82) is 0 Å². The van der Waals surface area contributed by atoms with E-state index in [-0.39, 0.29) is 6.04 Å². The zero-order chi connectivity index (χ0) is 18.4. The summed E-state index contributed by atoms with van der Waals surface area (Å²) >= 11 is 1.69. The molecular weight excluding hydrogens is 348 g/mol. The number of hydrogen-bond donors (Lipinski definition) is 1. The summed E-state index contributed by atoms with van der Waals surface area (Å²) in [6, 6.07) is 9.93. The minimum atomic E-state index is -0.938. The van der Waals surface area contributed by atoms with Gasteiger partial charge in [0.05, 0.1) is 12.6 Å². The maximum atomic E-state index is 11.9. The quantitative estimate of drug-likeness (QED) is 0.739. The van der Waals surface area contributed by atoms with Crippen LogP contribution < -0.4 is 0 Å². The van der Waals surface area contributed by atoms with Gasteiger partial charge in [-0.2, -0.15) is 0 Å². The summed E-state index contributed by atoms with van der Waals surface area (Å²) < 4.78 is 2.02. The van der Waals surface area contributed by atoms with Gasteiger partial charge in [0.2, 0.25) is 0 Å². The van der Waals surface area contributed by atoms with Crippen molar-refractivity contribution in [2.24, 2.45) is 0 Å². The molecule has 6 nitrogen and oxygen atoms in total. The van der Waals surface area contributed by atoms with E-state index in [9.17, 15) is 9.90 Å². The van der Waals surface area contributed by atoms with Gasteiger partial charge in [-0.3, -0.25) is 9.47 Å². The summed E-state index contributed by atoms with van der Waals surface area (Å²) in [7, 11) is 0. The minimum Gasteiger partial charge on any atom is -0.465 e. The summed E-state index contributed by atoms with van der Waals surface area (Å²) in [6.45, 7) is 6.25. The summed E-state index contributed by atoms with van der Waals surface area (Å²) in [4.78, 5) is 14.5. The predicted molar refractivity (Wildman–Crippen MR) is 99.9 cm³/mol. The van der Waals surface area contributed by atoms with E-state index in [1.54, 1.807) is 11.3 Å². The molecule has 1 aliphatic heterocycles. The topological polar surface area (TPSA) is 71.2 Å². The lowest BCUT2D eigenvalue weighted by Gasteiger charge is -2.23. The Kier molecular flexibility index (Phi) is 4.03. The van der Waals surface area contributed by atoms with Gasteiger partial charge < -0.3 is 5.11 Å². The summed E-state index contributed by atoms with van der Waals surface area (Å²) in [5.41, 5.74) is 3.49. The second-order valence-electron chi connectivity index (χ2n) is 6.61. The first-order valence-electron chi connectivity index (χ1n) is 8.54. The molecule has 0 fully saturated rings. The molecule has 1 atom stereocenters. The molecular formula is C19H20N4O2S. The second-order valence-corrected chi connectivity index (χ2v) is 7.81. The van der Waals surface area contributed by atoms with Crippen LogP contribution in [0.15, 0.2) is 30.3 Å². The molecule has 2 aromatic heterocycles. The third kappa shape index (κ3) is 2.59. The van der Waals surface area contributed by atoms with Crippen molar-refractivity contribution < 1.29 is 9.90 Å². The molecule has 0 saturated heterocycles. The third-order valence-electron chi connectivity index (χ3n) is 4.99. The molecule has 0 unspecified atom stereocenters. The molecule has 1 aromatic carbocycles. The number of carbonyl (C=O) groups is 1. The van der Waals surface area contributed by atoms with Crippen LogP contribution in [-0.2, 0) is 13.0 Å². The van der Waals surface area contributed by atoms with Crippen LogP contribution in [0.25, 0.3) is 5.00 Å². The Bertz CT molecular complexity index is 977. The van der Waals surface area contributed by atoms with Crippen molar-refractivity contribution in [3.63, 3.8) is 0 Å². The van der Waals surface area contributed by atoms with Crippen molar-refractivity contribution in [3.8, 4) is 5.00 Å². The molecule has 134 valence electrons. The monoisotopic (exact) mass is 368 g/mol. The van der Waals surface area contributed by atoms with Gasteiger partial charge in [0, 0.05) is 10.4 Å². The molecule has 3 heterocycles. The van der Waals surface area contributed by atoms with Crippen LogP contribution in [0.5, 0.6) is 0 Å². The molecule has 1 N–H and O–H groups in total. The van der Waals surface area contributed by atoms with Crippen LogP contribution in [0.2, 0.25) is 0 Å². The maximum absolute atomic E-state index is 11.9. The van der Waals surface area contributed by atoms with Gasteiger partial charge in [0.25, 0.3) is 0 Å². The molecule has 1 aliphatic rings. The largest absolute Gasteiger partial charge is 0.465 e. The van der Waals surface area contributed by atoms with E-state index in [2.05, 4.69) is 29.3 Å². The molecule has 0 bridgehead atoms. The number of nitrogens with zero attached hydrogens (tertiary/aromatic N) is 4. The Labute approximate surface area is 155 Å². The first kappa shape index (κ1) is 16.8. The zero-order valence-electron chi connectivity index (χ0n) is 14.9. The number of benzene rings is 1. The van der Waals surface area contributed by atoms with Gasteiger partial charge in [-0.25, -0.2) is 4.79 Å². The van der Waals surface area contributed by atoms with Crippen molar-refractivity contribution in [2.45, 2.75) is 39.8 Å². The first-order chi connectivity index (χ1) is 12.5. The highest BCUT2D eigenvalue weighted by Crippen LogP contribution is 2.40. The SMILES string of the molecule is Cc1sc2c(c1Cc1ccccc1)CN(C(=O)O)[C@@H](C)c1nnc(C)n1-2. The van der Waals surface area contributed by atoms with Crippen LogP contribution in [0.4, 0.5) is 4.79 Å². The van der Waals surface area contributed by atoms with Crippen molar-refractivity contribution in [3.05, 3.63) is 63.5 Å². The molecule has 0 saturated carbocycles. The van der Waals surface area contributed by atoms with Crippen LogP contribution in [0.1, 0.15) is 46.2 Å². The second kappa shape index (κ2) is 6.25. The van der Waals surface area contributed by atoms with Crippen molar-refractivity contribution in [1.82, 2.24) is 19.7 Å². The Morgan fingerprint density at radius 1 is 1.27 bits per heavy atom. The molecule has 1 amide bonds. The number of amides is 1. The number of aryl methyl sites for hydroxylation is 2. The van der Waals surface area contributed by atoms with E-state index < -0.39 is 6.09 Å². The molecule has 7 heteroatoms. The lowest BCUT2D eigenvalue weighted by atomic mass is 10.0. The van der Waals surface area contributed by atoms with Gasteiger partial charge >= 0.3 is 6.09 Å². The van der Waals surface area contributed by atoms with Gasteiger partial charge in [-0.1, -0.05) is 30.3 Å². The summed E-state index contributed by atoms with van der Waals surface area (Å²) in [5, 5.41) is 19.3. The number of fused-ring (bicyclic) bond motifs is 3. The van der Waals surface area contributed by atoms with E-state index in [0.717, 1.165) is 22.8 Å². The molecule has 0 radical (unpaired) electrons. The molecule has 3 aromatic rings. The number of aromatic nitrogens is 3. The van der Waals surface area contributed by atoms with Crippen LogP contribution in [0, 0.1) is 13.8 Å². The number of carboxylic acid groups (broad SMARTS) is 1. The van der Waals surface area contributed by atoms with Crippen LogP contribution >= 0.6 is 11.3 Å². The summed E-state index contributed by atoms with van der Waals surface area (Å²) in [5.74, 6) is 1.46. The van der Waals surface area contributed by atoms with E-state index in [1.807, 2.05) is 36.6 Å². The first-order valence-corrected chi connectivity index (χ1v) is 9.36. The zero-order valence-corrected chi connectivity index (χ0v) is 15.7. The number of hydrogen-bond acceptors (Lipinski definition) is 4. The van der Waals surface area contributed by atoms with Gasteiger partial charge in [0.15, 0.2) is 5.82 Å². The van der Waals surface area contributed by atoms with E-state index in [0.29, 0.717) is 12.4 Å². The Morgan fingerprint density at radius 2 is 2.00 bits per heavy atom. The number of thiophene rings is 1. The fourth-order valence-electron chi connectivity index (χ4n) is 3.56. The lowest BCUT2D eigenvalue weighted by Crippen LogP contribution is -2.31. The minimum absolute atomic E-state index is 0.349. The lowest BCUT2D eigenvalue weighted by molar-refractivity contribution is 0.123. The van der Waals surface area contributed by atoms with Crippen LogP contribution in [0.3, 0.4) is 0 Å². The Balaban J connectivity index is 1.90. The highest BCUT2D eigenvalue weighted by molar-refractivity contribution is 7.14. The normalized spacial score (nSPS) is 16.1. The molecule has 0 spiro atoms.